The van der Waals surface area contributed by atoms with Crippen LogP contribution in [0.5, 0.6) is 0 Å². The molecule has 0 aromatic heterocycles. The molecule has 0 N–H and O–H groups in total. The van der Waals surface area contributed by atoms with E-state index in [1.54, 1.807) is 0 Å². The topological polar surface area (TPSA) is 105 Å². The van der Waals surface area contributed by atoms with E-state index < -0.39 is 38.5 Å². The fourth-order valence-electron chi connectivity index (χ4n) is 10.2. The van der Waals surface area contributed by atoms with E-state index in [0.717, 1.165) is 154 Å². The quantitative estimate of drug-likeness (QED) is 0.0337. The summed E-state index contributed by atoms with van der Waals surface area (Å²) in [5, 5.41) is 0. The van der Waals surface area contributed by atoms with Crippen molar-refractivity contribution in [2.45, 2.75) is 387 Å². The number of rotatable bonds is 64. The van der Waals surface area contributed by atoms with Crippen molar-refractivity contribution < 1.29 is 34.2 Å². The van der Waals surface area contributed by atoms with Gasteiger partial charge in [0.2, 0.25) is 0 Å². The SMILES string of the molecule is CCCCCCCC/C=C\CCCCCCCC(=O)[O][Ge]([O]C(=O)CCCCCCC/C=C\CCCCCCCC)([O]C(=O)CCCCCCC/C=C\CCCCCCCC)[O]C(=O)CCCCCCC/C=C\CCCCCCCC. The van der Waals surface area contributed by atoms with Crippen LogP contribution in [-0.4, -0.2) is 38.5 Å². The standard InChI is InChI=1S/C72H132GeO8/c1-5-9-13-17-21-25-29-33-37-41-45-49-53-57-61-65-69(74)78-73(79-70(75)66-62-58-54-50-46-42-38-34-30-26-22-18-14-10-6-2,80-71(76)67-63-59-55-51-47-43-39-35-31-27-23-19-15-11-7-3)81-72(77)68-64-60-56-52-48-44-40-36-32-28-24-20-16-12-8-4/h33-40H,5-32,41-68H2,1-4H3/b37-33-,38-34-,39-35-,40-36-. The predicted molar refractivity (Wildman–Crippen MR) is 348 cm³/mol. The predicted octanol–water partition coefficient (Wildman–Crippen LogP) is 23.7. The zero-order chi connectivity index (χ0) is 58.9. The van der Waals surface area contributed by atoms with Crippen molar-refractivity contribution in [1.29, 1.82) is 0 Å². The number of carbonyl (C=O) groups excluding carboxylic acids is 4. The summed E-state index contributed by atoms with van der Waals surface area (Å²) in [4.78, 5) is 54.7. The van der Waals surface area contributed by atoms with Gasteiger partial charge >= 0.3 is 327 Å². The Bertz CT molecular complexity index is 1280. The van der Waals surface area contributed by atoms with Crippen LogP contribution in [0.4, 0.5) is 0 Å². The van der Waals surface area contributed by atoms with Crippen molar-refractivity contribution in [1.82, 2.24) is 0 Å². The third-order valence-corrected chi connectivity index (χ3v) is 19.5. The Labute approximate surface area is 505 Å². The molecule has 0 atom stereocenters. The normalized spacial score (nSPS) is 12.0. The molecular formula is C72H132GeO8. The molecule has 0 heterocycles. The van der Waals surface area contributed by atoms with Crippen LogP contribution in [0.25, 0.3) is 0 Å². The molecule has 0 bridgehead atoms. The van der Waals surface area contributed by atoms with Crippen LogP contribution < -0.4 is 0 Å². The molecule has 0 unspecified atom stereocenters. The molecule has 0 fully saturated rings. The van der Waals surface area contributed by atoms with Gasteiger partial charge in [0.1, 0.15) is 0 Å². The van der Waals surface area contributed by atoms with Crippen LogP contribution in [0.3, 0.4) is 0 Å². The van der Waals surface area contributed by atoms with Gasteiger partial charge in [0.05, 0.1) is 0 Å². The Morgan fingerprint density at radius 3 is 0.506 bits per heavy atom. The fraction of sp³-hybridized carbons (Fsp3) is 0.833. The molecule has 0 aliphatic rings. The Morgan fingerprint density at radius 1 is 0.210 bits per heavy atom. The van der Waals surface area contributed by atoms with Crippen LogP contribution in [-0.2, 0) is 34.2 Å². The second kappa shape index (κ2) is 64.9. The molecule has 0 aliphatic carbocycles. The summed E-state index contributed by atoms with van der Waals surface area (Å²) in [7, 11) is 0. The smallest absolute Gasteiger partial charge is 0.0654 e. The molecule has 0 amide bonds. The van der Waals surface area contributed by atoms with E-state index in [2.05, 4.69) is 76.3 Å². The Hall–Kier alpha value is -2.62. The molecule has 0 aromatic carbocycles. The third-order valence-electron chi connectivity index (χ3n) is 15.5. The number of hydrogen-bond acceptors (Lipinski definition) is 8. The van der Waals surface area contributed by atoms with Crippen molar-refractivity contribution in [2.24, 2.45) is 0 Å². The second-order valence-electron chi connectivity index (χ2n) is 23.7. The van der Waals surface area contributed by atoms with E-state index in [4.69, 9.17) is 15.1 Å². The summed E-state index contributed by atoms with van der Waals surface area (Å²) >= 11 is -5.62. The summed E-state index contributed by atoms with van der Waals surface area (Å²) in [6, 6.07) is 0. The van der Waals surface area contributed by atoms with Gasteiger partial charge in [-0.25, -0.2) is 0 Å². The van der Waals surface area contributed by atoms with Crippen molar-refractivity contribution in [3.05, 3.63) is 48.6 Å². The fourth-order valence-corrected chi connectivity index (χ4v) is 14.0. The zero-order valence-corrected chi connectivity index (χ0v) is 56.1. The summed E-state index contributed by atoms with van der Waals surface area (Å²) < 4.78 is 23.8. The maximum atomic E-state index is 13.7. The van der Waals surface area contributed by atoms with Crippen LogP contribution >= 0.6 is 0 Å². The van der Waals surface area contributed by atoms with Gasteiger partial charge in [-0.2, -0.15) is 0 Å². The van der Waals surface area contributed by atoms with Crippen molar-refractivity contribution in [3.8, 4) is 0 Å². The summed E-state index contributed by atoms with van der Waals surface area (Å²) in [5.74, 6) is -2.60. The second-order valence-corrected chi connectivity index (χ2v) is 27.5. The minimum Gasteiger partial charge on any atom is -0.0654 e. The summed E-state index contributed by atoms with van der Waals surface area (Å²) in [5.41, 5.74) is 0. The summed E-state index contributed by atoms with van der Waals surface area (Å²) in [6.45, 7) is 9.03. The van der Waals surface area contributed by atoms with Gasteiger partial charge < -0.3 is 0 Å². The van der Waals surface area contributed by atoms with Crippen LogP contribution in [0.15, 0.2) is 48.6 Å². The van der Waals surface area contributed by atoms with Crippen molar-refractivity contribution in [3.63, 3.8) is 0 Å². The molecule has 81 heavy (non-hydrogen) atoms. The van der Waals surface area contributed by atoms with Gasteiger partial charge in [-0.1, -0.05) is 156 Å². The van der Waals surface area contributed by atoms with E-state index in [0.29, 0.717) is 25.7 Å². The molecule has 0 aromatic rings. The molecule has 472 valence electrons. The molecule has 0 saturated heterocycles. The van der Waals surface area contributed by atoms with Gasteiger partial charge in [-0.3, -0.25) is 0 Å². The average molecular weight is 1200 g/mol. The van der Waals surface area contributed by atoms with Crippen molar-refractivity contribution in [2.75, 3.05) is 0 Å². The van der Waals surface area contributed by atoms with Gasteiger partial charge in [0.15, 0.2) is 0 Å². The molecule has 0 spiro atoms. The van der Waals surface area contributed by atoms with Gasteiger partial charge in [0.25, 0.3) is 0 Å². The maximum absolute atomic E-state index is 13.7. The molecule has 0 rings (SSSR count). The van der Waals surface area contributed by atoms with E-state index in [-0.39, 0.29) is 25.7 Å². The van der Waals surface area contributed by atoms with E-state index in [1.807, 2.05) is 0 Å². The monoisotopic (exact) mass is 1200 g/mol. The number of allylic oxidation sites excluding steroid dienone is 8. The minimum absolute atomic E-state index is 0.0640. The Morgan fingerprint density at radius 2 is 0.346 bits per heavy atom. The molecule has 0 radical (unpaired) electrons. The van der Waals surface area contributed by atoms with Crippen LogP contribution in [0.2, 0.25) is 0 Å². The first-order valence-corrected chi connectivity index (χ1v) is 38.7. The van der Waals surface area contributed by atoms with Crippen LogP contribution in [0.1, 0.15) is 387 Å². The Kier molecular flexibility index (Phi) is 62.8. The van der Waals surface area contributed by atoms with Gasteiger partial charge in [-0.05, 0) is 25.7 Å². The number of unbranched alkanes of at least 4 members (excludes halogenated alkanes) is 44. The molecule has 0 saturated carbocycles. The summed E-state index contributed by atoms with van der Waals surface area (Å²) in [6.07, 6.45) is 77.8. The number of carbonyl (C=O) groups is 4. The van der Waals surface area contributed by atoms with Crippen molar-refractivity contribution >= 4 is 38.5 Å². The average Bonchev–Trinajstić information content (AvgIpc) is 3.45. The molecule has 8 nitrogen and oxygen atoms in total. The molecular weight excluding hydrogens is 1070 g/mol. The van der Waals surface area contributed by atoms with Crippen LogP contribution in [0, 0.1) is 0 Å². The minimum atomic E-state index is -5.62. The first-order chi connectivity index (χ1) is 39.8. The zero-order valence-electron chi connectivity index (χ0n) is 54.0. The molecule has 9 heteroatoms. The van der Waals surface area contributed by atoms with E-state index in [9.17, 15) is 19.2 Å². The molecule has 0 aliphatic heterocycles. The number of hydrogen-bond donors (Lipinski definition) is 0. The van der Waals surface area contributed by atoms with E-state index in [1.165, 1.54) is 154 Å². The van der Waals surface area contributed by atoms with E-state index >= 15 is 0 Å². The van der Waals surface area contributed by atoms with Gasteiger partial charge in [0, 0.05) is 0 Å². The Balaban J connectivity index is 5.57. The third kappa shape index (κ3) is 60.3. The van der Waals surface area contributed by atoms with Gasteiger partial charge in [-0.15, -0.1) is 0 Å². The first-order valence-electron chi connectivity index (χ1n) is 35.3. The first kappa shape index (κ1) is 78.4.